The molecule has 1 aliphatic carbocycles. The van der Waals surface area contributed by atoms with E-state index < -0.39 is 0 Å². The van der Waals surface area contributed by atoms with E-state index in [1.165, 1.54) is 12.8 Å². The normalized spacial score (nSPS) is 14.0. The van der Waals surface area contributed by atoms with Crippen LogP contribution in [0, 0.1) is 0 Å². The lowest BCUT2D eigenvalue weighted by Crippen LogP contribution is -2.12. The van der Waals surface area contributed by atoms with E-state index in [0.29, 0.717) is 23.0 Å². The third-order valence-corrected chi connectivity index (χ3v) is 3.87. The molecule has 1 saturated carbocycles. The maximum atomic E-state index is 12.4. The maximum absolute atomic E-state index is 12.4. The lowest BCUT2D eigenvalue weighted by molar-refractivity contribution is 0.102. The van der Waals surface area contributed by atoms with Gasteiger partial charge in [0.05, 0.1) is 0 Å². The Kier molecular flexibility index (Phi) is 3.95. The number of anilines is 1. The second-order valence-electron chi connectivity index (χ2n) is 5.41. The van der Waals surface area contributed by atoms with Crippen molar-refractivity contribution in [2.75, 3.05) is 5.32 Å². The largest absolute Gasteiger partial charge is 0.326 e. The summed E-state index contributed by atoms with van der Waals surface area (Å²) in [6.45, 7) is 0.451. The average Bonchev–Trinajstić information content (AvgIpc) is 3.31. The second-order valence-corrected chi connectivity index (χ2v) is 5.84. The van der Waals surface area contributed by atoms with Gasteiger partial charge in [-0.15, -0.1) is 0 Å². The molecule has 1 aliphatic rings. The minimum absolute atomic E-state index is 0.145. The summed E-state index contributed by atoms with van der Waals surface area (Å²) in [5.41, 5.74) is 9.10. The number of benzene rings is 2. The molecular formula is C17H17ClN2O. The van der Waals surface area contributed by atoms with Gasteiger partial charge in [0.1, 0.15) is 0 Å². The maximum Gasteiger partial charge on any atom is 0.255 e. The lowest BCUT2D eigenvalue weighted by atomic mass is 10.1. The summed E-state index contributed by atoms with van der Waals surface area (Å²) < 4.78 is 0. The van der Waals surface area contributed by atoms with Crippen LogP contribution in [0.25, 0.3) is 0 Å². The number of hydrogen-bond acceptors (Lipinski definition) is 2. The van der Waals surface area contributed by atoms with Crippen LogP contribution in [0.15, 0.2) is 42.5 Å². The van der Waals surface area contributed by atoms with Crippen molar-refractivity contribution in [2.24, 2.45) is 5.73 Å². The van der Waals surface area contributed by atoms with E-state index in [-0.39, 0.29) is 5.91 Å². The van der Waals surface area contributed by atoms with Crippen LogP contribution in [0.5, 0.6) is 0 Å². The summed E-state index contributed by atoms with van der Waals surface area (Å²) in [5.74, 6) is 0.421. The molecule has 0 saturated heterocycles. The van der Waals surface area contributed by atoms with E-state index in [0.717, 1.165) is 16.8 Å². The Morgan fingerprint density at radius 1 is 1.24 bits per heavy atom. The minimum atomic E-state index is -0.145. The number of rotatable bonds is 4. The summed E-state index contributed by atoms with van der Waals surface area (Å²) in [7, 11) is 0. The third-order valence-electron chi connectivity index (χ3n) is 3.65. The number of hydrogen-bond donors (Lipinski definition) is 2. The van der Waals surface area contributed by atoms with E-state index in [9.17, 15) is 4.79 Å². The first-order chi connectivity index (χ1) is 10.2. The molecule has 2 aromatic carbocycles. The molecule has 21 heavy (non-hydrogen) atoms. The summed E-state index contributed by atoms with van der Waals surface area (Å²) in [6, 6.07) is 13.1. The monoisotopic (exact) mass is 300 g/mol. The van der Waals surface area contributed by atoms with E-state index in [4.69, 9.17) is 17.3 Å². The van der Waals surface area contributed by atoms with Crippen LogP contribution >= 0.6 is 11.6 Å². The molecule has 3 rings (SSSR count). The van der Waals surface area contributed by atoms with Gasteiger partial charge in [0, 0.05) is 22.8 Å². The molecular weight excluding hydrogens is 284 g/mol. The van der Waals surface area contributed by atoms with Crippen molar-refractivity contribution in [3.05, 3.63) is 64.2 Å². The van der Waals surface area contributed by atoms with Gasteiger partial charge in [-0.25, -0.2) is 0 Å². The predicted molar refractivity (Wildman–Crippen MR) is 85.7 cm³/mol. The summed E-state index contributed by atoms with van der Waals surface area (Å²) in [5, 5.41) is 3.50. The highest BCUT2D eigenvalue weighted by atomic mass is 35.5. The van der Waals surface area contributed by atoms with Crippen molar-refractivity contribution in [3.8, 4) is 0 Å². The second kappa shape index (κ2) is 5.88. The zero-order valence-corrected chi connectivity index (χ0v) is 12.4. The minimum Gasteiger partial charge on any atom is -0.326 e. The van der Waals surface area contributed by atoms with Gasteiger partial charge in [-0.05, 0) is 60.2 Å². The Bertz CT molecular complexity index is 680. The zero-order valence-electron chi connectivity index (χ0n) is 11.6. The highest BCUT2D eigenvalue weighted by molar-refractivity contribution is 6.31. The van der Waals surface area contributed by atoms with Gasteiger partial charge in [-0.1, -0.05) is 23.7 Å². The van der Waals surface area contributed by atoms with E-state index in [1.807, 2.05) is 36.4 Å². The van der Waals surface area contributed by atoms with Gasteiger partial charge in [-0.2, -0.15) is 0 Å². The van der Waals surface area contributed by atoms with Gasteiger partial charge in [0.15, 0.2) is 0 Å². The molecule has 1 amide bonds. The Balaban J connectivity index is 1.81. The van der Waals surface area contributed by atoms with Crippen LogP contribution < -0.4 is 11.1 Å². The predicted octanol–water partition coefficient (Wildman–Crippen LogP) is 3.93. The molecule has 0 atom stereocenters. The molecule has 0 aliphatic heterocycles. The van der Waals surface area contributed by atoms with Crippen LogP contribution in [0.2, 0.25) is 5.02 Å². The molecule has 3 nitrogen and oxygen atoms in total. The molecule has 0 heterocycles. The van der Waals surface area contributed by atoms with Crippen LogP contribution in [0.1, 0.15) is 40.2 Å². The molecule has 0 radical (unpaired) electrons. The summed E-state index contributed by atoms with van der Waals surface area (Å²) >= 11 is 6.12. The lowest BCUT2D eigenvalue weighted by Gasteiger charge is -2.09. The molecule has 0 aromatic heterocycles. The van der Waals surface area contributed by atoms with Gasteiger partial charge < -0.3 is 11.1 Å². The van der Waals surface area contributed by atoms with Gasteiger partial charge in [-0.3, -0.25) is 4.79 Å². The molecule has 108 valence electrons. The fourth-order valence-corrected chi connectivity index (χ4v) is 2.62. The summed E-state index contributed by atoms with van der Waals surface area (Å²) in [4.78, 5) is 12.4. The standard InChI is InChI=1S/C17H17ClN2O/c18-15-8-13(12-4-5-12)7-14(9-15)17(21)20-16-3-1-2-11(6-16)10-19/h1-3,6-9,12H,4-5,10,19H2,(H,20,21). The molecule has 1 fully saturated rings. The highest BCUT2D eigenvalue weighted by Crippen LogP contribution is 2.41. The molecule has 0 spiro atoms. The van der Waals surface area contributed by atoms with Crippen molar-refractivity contribution in [2.45, 2.75) is 25.3 Å². The first-order valence-electron chi connectivity index (χ1n) is 7.06. The fraction of sp³-hybridized carbons (Fsp3) is 0.235. The molecule has 3 N–H and O–H groups in total. The number of nitrogens with one attached hydrogen (secondary N) is 1. The Morgan fingerprint density at radius 3 is 2.76 bits per heavy atom. The molecule has 0 bridgehead atoms. The van der Waals surface area contributed by atoms with Crippen LogP contribution in [0.3, 0.4) is 0 Å². The van der Waals surface area contributed by atoms with Crippen molar-refractivity contribution in [1.29, 1.82) is 0 Å². The van der Waals surface area contributed by atoms with Crippen molar-refractivity contribution in [1.82, 2.24) is 0 Å². The molecule has 2 aromatic rings. The highest BCUT2D eigenvalue weighted by Gasteiger charge is 2.24. The number of carbonyl (C=O) groups is 1. The Hall–Kier alpha value is -1.84. The van der Waals surface area contributed by atoms with Crippen molar-refractivity contribution in [3.63, 3.8) is 0 Å². The van der Waals surface area contributed by atoms with Gasteiger partial charge in [0.2, 0.25) is 0 Å². The van der Waals surface area contributed by atoms with Crippen LogP contribution in [-0.2, 0) is 6.54 Å². The summed E-state index contributed by atoms with van der Waals surface area (Å²) in [6.07, 6.45) is 2.36. The van der Waals surface area contributed by atoms with Crippen molar-refractivity contribution < 1.29 is 4.79 Å². The Labute approximate surface area is 129 Å². The number of carbonyl (C=O) groups excluding carboxylic acids is 1. The Morgan fingerprint density at radius 2 is 2.05 bits per heavy atom. The SMILES string of the molecule is NCc1cccc(NC(=O)c2cc(Cl)cc(C3CC3)c2)c1. The average molecular weight is 301 g/mol. The van der Waals surface area contributed by atoms with Crippen molar-refractivity contribution >= 4 is 23.2 Å². The molecule has 4 heteroatoms. The first-order valence-corrected chi connectivity index (χ1v) is 7.44. The fourth-order valence-electron chi connectivity index (χ4n) is 2.38. The number of amides is 1. The van der Waals surface area contributed by atoms with Gasteiger partial charge in [0.25, 0.3) is 5.91 Å². The van der Waals surface area contributed by atoms with Crippen LogP contribution in [-0.4, -0.2) is 5.91 Å². The molecule has 0 unspecified atom stereocenters. The number of halogens is 1. The van der Waals surface area contributed by atoms with Crippen LogP contribution in [0.4, 0.5) is 5.69 Å². The first kappa shape index (κ1) is 14.1. The van der Waals surface area contributed by atoms with Gasteiger partial charge >= 0.3 is 0 Å². The van der Waals surface area contributed by atoms with E-state index in [1.54, 1.807) is 6.07 Å². The number of nitrogens with two attached hydrogens (primary N) is 1. The van der Waals surface area contributed by atoms with E-state index in [2.05, 4.69) is 5.32 Å². The zero-order chi connectivity index (χ0) is 14.8. The smallest absolute Gasteiger partial charge is 0.255 e. The van der Waals surface area contributed by atoms with E-state index >= 15 is 0 Å². The third kappa shape index (κ3) is 3.43. The quantitative estimate of drug-likeness (QED) is 0.899. The topological polar surface area (TPSA) is 55.1 Å².